The molecule has 0 aromatic carbocycles. The molecule has 1 aliphatic rings. The van der Waals surface area contributed by atoms with Gasteiger partial charge in [0.1, 0.15) is 5.60 Å². The molecular formula is C10H17N3O. The summed E-state index contributed by atoms with van der Waals surface area (Å²) in [6.45, 7) is 6.21. The molecule has 0 bridgehead atoms. The van der Waals surface area contributed by atoms with E-state index >= 15 is 0 Å². The van der Waals surface area contributed by atoms with Gasteiger partial charge in [-0.25, -0.2) is 4.68 Å². The summed E-state index contributed by atoms with van der Waals surface area (Å²) in [5, 5.41) is 18.1. The number of aryl methyl sites for hydroxylation is 1. The third-order valence-corrected chi connectivity index (χ3v) is 3.42. The van der Waals surface area contributed by atoms with Crippen LogP contribution in [0.3, 0.4) is 0 Å². The van der Waals surface area contributed by atoms with Crippen molar-refractivity contribution in [3.05, 3.63) is 11.9 Å². The highest BCUT2D eigenvalue weighted by Crippen LogP contribution is 2.59. The highest BCUT2D eigenvalue weighted by atomic mass is 16.3. The molecule has 1 aromatic rings. The molecule has 2 atom stereocenters. The maximum atomic E-state index is 10.4. The largest absolute Gasteiger partial charge is 0.383 e. The average molecular weight is 195 g/mol. The number of rotatable bonds is 2. The van der Waals surface area contributed by atoms with Crippen molar-refractivity contribution < 1.29 is 5.11 Å². The Kier molecular flexibility index (Phi) is 1.77. The van der Waals surface area contributed by atoms with Crippen molar-refractivity contribution >= 4 is 0 Å². The van der Waals surface area contributed by atoms with Crippen molar-refractivity contribution in [2.24, 2.45) is 18.4 Å². The topological polar surface area (TPSA) is 50.9 Å². The predicted octanol–water partition coefficient (Wildman–Crippen LogP) is 1.07. The Morgan fingerprint density at radius 2 is 2.21 bits per heavy atom. The molecule has 1 saturated carbocycles. The molecule has 14 heavy (non-hydrogen) atoms. The first-order chi connectivity index (χ1) is 6.36. The lowest BCUT2D eigenvalue weighted by atomic mass is 9.91. The van der Waals surface area contributed by atoms with E-state index in [1.807, 2.05) is 14.0 Å². The summed E-state index contributed by atoms with van der Waals surface area (Å²) in [6, 6.07) is 0. The van der Waals surface area contributed by atoms with Crippen molar-refractivity contribution in [2.75, 3.05) is 0 Å². The van der Waals surface area contributed by atoms with Gasteiger partial charge in [0.15, 0.2) is 0 Å². The summed E-state index contributed by atoms with van der Waals surface area (Å²) in [4.78, 5) is 0. The summed E-state index contributed by atoms with van der Waals surface area (Å²) in [5.74, 6) is 0.312. The summed E-state index contributed by atoms with van der Waals surface area (Å²) >= 11 is 0. The Morgan fingerprint density at radius 3 is 2.57 bits per heavy atom. The number of hydrogen-bond acceptors (Lipinski definition) is 3. The van der Waals surface area contributed by atoms with Gasteiger partial charge in [0.2, 0.25) is 0 Å². The summed E-state index contributed by atoms with van der Waals surface area (Å²) in [7, 11) is 1.81. The molecule has 0 amide bonds. The smallest absolute Gasteiger partial charge is 0.108 e. The van der Waals surface area contributed by atoms with Gasteiger partial charge in [-0.3, -0.25) is 0 Å². The molecule has 1 heterocycles. The molecule has 1 aromatic heterocycles. The lowest BCUT2D eigenvalue weighted by molar-refractivity contribution is 0.0130. The van der Waals surface area contributed by atoms with Crippen LogP contribution in [0.15, 0.2) is 6.20 Å². The third kappa shape index (κ3) is 1.25. The van der Waals surface area contributed by atoms with Gasteiger partial charge in [0.25, 0.3) is 0 Å². The second kappa shape index (κ2) is 2.57. The molecule has 4 heteroatoms. The maximum absolute atomic E-state index is 10.4. The first-order valence-electron chi connectivity index (χ1n) is 4.93. The van der Waals surface area contributed by atoms with E-state index in [0.29, 0.717) is 5.92 Å². The Labute approximate surface area is 83.9 Å². The van der Waals surface area contributed by atoms with Gasteiger partial charge >= 0.3 is 0 Å². The molecule has 2 unspecified atom stereocenters. The fraction of sp³-hybridized carbons (Fsp3) is 0.800. The van der Waals surface area contributed by atoms with Crippen molar-refractivity contribution in [1.29, 1.82) is 0 Å². The normalized spacial score (nSPS) is 28.5. The highest BCUT2D eigenvalue weighted by molar-refractivity contribution is 5.16. The van der Waals surface area contributed by atoms with Crippen LogP contribution in [-0.4, -0.2) is 20.1 Å². The van der Waals surface area contributed by atoms with Crippen LogP contribution in [0.25, 0.3) is 0 Å². The Bertz CT molecular complexity index is 354. The van der Waals surface area contributed by atoms with E-state index in [9.17, 15) is 5.11 Å². The van der Waals surface area contributed by atoms with Gasteiger partial charge < -0.3 is 5.11 Å². The minimum Gasteiger partial charge on any atom is -0.383 e. The molecule has 1 fully saturated rings. The molecule has 1 aliphatic carbocycles. The Hall–Kier alpha value is -0.900. The van der Waals surface area contributed by atoms with Crippen LogP contribution in [0, 0.1) is 11.3 Å². The van der Waals surface area contributed by atoms with Crippen LogP contribution in [-0.2, 0) is 12.6 Å². The number of aromatic nitrogens is 3. The molecule has 1 N–H and O–H groups in total. The number of hydrogen-bond donors (Lipinski definition) is 1. The molecule has 0 radical (unpaired) electrons. The van der Waals surface area contributed by atoms with E-state index in [4.69, 9.17) is 0 Å². The summed E-state index contributed by atoms with van der Waals surface area (Å²) in [6.07, 6.45) is 2.71. The van der Waals surface area contributed by atoms with Crippen LogP contribution >= 0.6 is 0 Å². The zero-order chi connectivity index (χ0) is 10.6. The van der Waals surface area contributed by atoms with Crippen LogP contribution in [0.5, 0.6) is 0 Å². The van der Waals surface area contributed by atoms with Gasteiger partial charge in [0, 0.05) is 7.05 Å². The van der Waals surface area contributed by atoms with E-state index in [1.165, 1.54) is 0 Å². The van der Waals surface area contributed by atoms with E-state index in [-0.39, 0.29) is 5.41 Å². The first kappa shape index (κ1) is 9.65. The van der Waals surface area contributed by atoms with Crippen LogP contribution < -0.4 is 0 Å². The van der Waals surface area contributed by atoms with E-state index in [0.717, 1.165) is 12.1 Å². The van der Waals surface area contributed by atoms with Crippen molar-refractivity contribution in [3.63, 3.8) is 0 Å². The van der Waals surface area contributed by atoms with Crippen molar-refractivity contribution in [2.45, 2.75) is 32.8 Å². The average Bonchev–Trinajstić information content (AvgIpc) is 2.52. The highest BCUT2D eigenvalue weighted by Gasteiger charge is 2.57. The van der Waals surface area contributed by atoms with Crippen LogP contribution in [0.2, 0.25) is 0 Å². The molecule has 78 valence electrons. The Morgan fingerprint density at radius 1 is 1.64 bits per heavy atom. The van der Waals surface area contributed by atoms with E-state index in [1.54, 1.807) is 10.9 Å². The maximum Gasteiger partial charge on any atom is 0.108 e. The van der Waals surface area contributed by atoms with E-state index < -0.39 is 5.60 Å². The summed E-state index contributed by atoms with van der Waals surface area (Å²) < 4.78 is 1.65. The monoisotopic (exact) mass is 195 g/mol. The lowest BCUT2D eigenvalue weighted by Crippen LogP contribution is -2.29. The minimum atomic E-state index is -0.804. The molecule has 4 nitrogen and oxygen atoms in total. The second-order valence-corrected chi connectivity index (χ2v) is 5.14. The first-order valence-corrected chi connectivity index (χ1v) is 4.93. The third-order valence-electron chi connectivity index (χ3n) is 3.42. The predicted molar refractivity (Wildman–Crippen MR) is 52.5 cm³/mol. The van der Waals surface area contributed by atoms with Gasteiger partial charge in [-0.15, -0.1) is 5.10 Å². The second-order valence-electron chi connectivity index (χ2n) is 5.14. The van der Waals surface area contributed by atoms with Crippen LogP contribution in [0.1, 0.15) is 32.9 Å². The Balaban J connectivity index is 2.30. The molecule has 0 spiro atoms. The number of aliphatic hydroxyl groups is 1. The number of nitrogens with zero attached hydrogens (tertiary/aromatic N) is 3. The standard InChI is InChI=1S/C10H17N3O/c1-9(2)5-7(9)10(3,14)8-6-11-12-13(8)4/h6-7,14H,5H2,1-4H3. The lowest BCUT2D eigenvalue weighted by Gasteiger charge is -2.24. The fourth-order valence-corrected chi connectivity index (χ4v) is 2.35. The SMILES string of the molecule is Cn1nncc1C(C)(O)C1CC1(C)C. The quantitative estimate of drug-likeness (QED) is 0.768. The van der Waals surface area contributed by atoms with Crippen molar-refractivity contribution in [3.8, 4) is 0 Å². The minimum absolute atomic E-state index is 0.244. The molecular weight excluding hydrogens is 178 g/mol. The van der Waals surface area contributed by atoms with Gasteiger partial charge in [-0.05, 0) is 24.7 Å². The van der Waals surface area contributed by atoms with Crippen molar-refractivity contribution in [1.82, 2.24) is 15.0 Å². The zero-order valence-electron chi connectivity index (χ0n) is 9.15. The molecule has 0 saturated heterocycles. The van der Waals surface area contributed by atoms with Gasteiger partial charge in [-0.1, -0.05) is 19.1 Å². The molecule has 2 rings (SSSR count). The van der Waals surface area contributed by atoms with Gasteiger partial charge in [0.05, 0.1) is 11.9 Å². The van der Waals surface area contributed by atoms with Gasteiger partial charge in [-0.2, -0.15) is 0 Å². The molecule has 0 aliphatic heterocycles. The fourth-order valence-electron chi connectivity index (χ4n) is 2.35. The summed E-state index contributed by atoms with van der Waals surface area (Å²) in [5.41, 5.74) is 0.239. The van der Waals surface area contributed by atoms with E-state index in [2.05, 4.69) is 24.2 Å². The zero-order valence-corrected chi connectivity index (χ0v) is 9.15. The van der Waals surface area contributed by atoms with Crippen LogP contribution in [0.4, 0.5) is 0 Å².